The molecule has 7 heteroatoms. The normalized spacial score (nSPS) is 17.8. The summed E-state index contributed by atoms with van der Waals surface area (Å²) in [6.07, 6.45) is 2.08. The van der Waals surface area contributed by atoms with Crippen LogP contribution in [0.15, 0.2) is 41.1 Å². The zero-order valence-corrected chi connectivity index (χ0v) is 16.4. The first-order valence-electron chi connectivity index (χ1n) is 9.57. The number of likely N-dealkylation sites (tertiary alicyclic amines) is 1. The molecule has 1 fully saturated rings. The third-order valence-electron chi connectivity index (χ3n) is 5.46. The number of nitrogens with zero attached hydrogens (tertiary/aromatic N) is 2. The second-order valence-corrected chi connectivity index (χ2v) is 8.18. The molecule has 2 aliphatic rings. The van der Waals surface area contributed by atoms with E-state index in [-0.39, 0.29) is 12.5 Å². The second kappa shape index (κ2) is 8.24. The summed E-state index contributed by atoms with van der Waals surface area (Å²) < 4.78 is 0. The molecular formula is C21H23N3O3S. The predicted octanol–water partition coefficient (Wildman–Crippen LogP) is 2.37. The summed E-state index contributed by atoms with van der Waals surface area (Å²) in [7, 11) is 0. The number of piperidine rings is 1. The molecule has 1 aromatic heterocycles. The van der Waals surface area contributed by atoms with Crippen molar-refractivity contribution in [1.82, 2.24) is 15.1 Å². The molecule has 0 spiro atoms. The van der Waals surface area contributed by atoms with Crippen LogP contribution in [0.3, 0.4) is 0 Å². The monoisotopic (exact) mass is 397 g/mol. The van der Waals surface area contributed by atoms with E-state index in [9.17, 15) is 14.4 Å². The fourth-order valence-corrected chi connectivity index (χ4v) is 4.49. The second-order valence-electron chi connectivity index (χ2n) is 7.40. The molecule has 1 aromatic carbocycles. The number of hydrogen-bond acceptors (Lipinski definition) is 5. The molecule has 0 atom stereocenters. The smallest absolute Gasteiger partial charge is 0.262 e. The Bertz CT molecular complexity index is 838. The van der Waals surface area contributed by atoms with E-state index >= 15 is 0 Å². The van der Waals surface area contributed by atoms with Crippen molar-refractivity contribution in [2.75, 3.05) is 26.2 Å². The van der Waals surface area contributed by atoms with Gasteiger partial charge in [-0.1, -0.05) is 12.1 Å². The van der Waals surface area contributed by atoms with Crippen LogP contribution in [-0.4, -0.2) is 53.7 Å². The van der Waals surface area contributed by atoms with Gasteiger partial charge in [-0.15, -0.1) is 0 Å². The predicted molar refractivity (Wildman–Crippen MR) is 107 cm³/mol. The molecule has 0 unspecified atom stereocenters. The largest absolute Gasteiger partial charge is 0.354 e. The number of fused-ring (bicyclic) bond motifs is 1. The van der Waals surface area contributed by atoms with Gasteiger partial charge in [-0.3, -0.25) is 24.2 Å². The molecule has 0 radical (unpaired) electrons. The first-order valence-corrected chi connectivity index (χ1v) is 10.5. The van der Waals surface area contributed by atoms with Crippen LogP contribution in [0.5, 0.6) is 0 Å². The van der Waals surface area contributed by atoms with Crippen molar-refractivity contribution in [3.63, 3.8) is 0 Å². The van der Waals surface area contributed by atoms with Crippen molar-refractivity contribution in [2.45, 2.75) is 19.4 Å². The molecule has 2 aliphatic heterocycles. The highest BCUT2D eigenvalue weighted by molar-refractivity contribution is 7.07. The standard InChI is InChI=1S/C21H23N3O3S/c25-19(13-24-20(26)17-3-1-2-4-18(17)21(24)27)22-11-15-5-8-23(9-6-15)12-16-7-10-28-14-16/h1-4,7,10,14-15H,5-6,8-9,11-13H2,(H,22,25). The van der Waals surface area contributed by atoms with Crippen LogP contribution in [0.2, 0.25) is 0 Å². The number of nitrogens with one attached hydrogen (secondary N) is 1. The highest BCUT2D eigenvalue weighted by Crippen LogP contribution is 2.22. The lowest BCUT2D eigenvalue weighted by molar-refractivity contribution is -0.121. The van der Waals surface area contributed by atoms with Crippen molar-refractivity contribution in [2.24, 2.45) is 5.92 Å². The minimum atomic E-state index is -0.391. The van der Waals surface area contributed by atoms with Gasteiger partial charge in [0.25, 0.3) is 11.8 Å². The number of imide groups is 1. The van der Waals surface area contributed by atoms with Crippen molar-refractivity contribution in [1.29, 1.82) is 0 Å². The number of amides is 3. The molecular weight excluding hydrogens is 374 g/mol. The highest BCUT2D eigenvalue weighted by atomic mass is 32.1. The minimum Gasteiger partial charge on any atom is -0.354 e. The Balaban J connectivity index is 1.22. The molecule has 3 amide bonds. The molecule has 1 saturated heterocycles. The zero-order valence-electron chi connectivity index (χ0n) is 15.6. The van der Waals surface area contributed by atoms with Gasteiger partial charge in [0.1, 0.15) is 6.54 Å². The Morgan fingerprint density at radius 1 is 1.07 bits per heavy atom. The van der Waals surface area contributed by atoms with Gasteiger partial charge < -0.3 is 5.32 Å². The fraction of sp³-hybridized carbons (Fsp3) is 0.381. The van der Waals surface area contributed by atoms with Crippen molar-refractivity contribution >= 4 is 29.1 Å². The Hall–Kier alpha value is -2.51. The Morgan fingerprint density at radius 2 is 1.75 bits per heavy atom. The zero-order chi connectivity index (χ0) is 19.5. The summed E-state index contributed by atoms with van der Waals surface area (Å²) in [4.78, 5) is 40.4. The molecule has 6 nitrogen and oxygen atoms in total. The van der Waals surface area contributed by atoms with Gasteiger partial charge in [0.2, 0.25) is 5.91 Å². The molecule has 146 valence electrons. The summed E-state index contributed by atoms with van der Waals surface area (Å²) in [5, 5.41) is 7.19. The van der Waals surface area contributed by atoms with Crippen molar-refractivity contribution in [3.8, 4) is 0 Å². The van der Waals surface area contributed by atoms with Crippen LogP contribution in [0.1, 0.15) is 39.1 Å². The summed E-state index contributed by atoms with van der Waals surface area (Å²) in [6.45, 7) is 3.41. The van der Waals surface area contributed by atoms with Crippen LogP contribution >= 0.6 is 11.3 Å². The molecule has 0 aliphatic carbocycles. The lowest BCUT2D eigenvalue weighted by Gasteiger charge is -2.31. The van der Waals surface area contributed by atoms with E-state index in [0.717, 1.165) is 37.4 Å². The summed E-state index contributed by atoms with van der Waals surface area (Å²) in [5.74, 6) is -0.630. The maximum atomic E-state index is 12.3. The lowest BCUT2D eigenvalue weighted by atomic mass is 9.96. The number of carbonyl (C=O) groups is 3. The van der Waals surface area contributed by atoms with Gasteiger partial charge in [0, 0.05) is 13.1 Å². The number of carbonyl (C=O) groups excluding carboxylic acids is 3. The van der Waals surface area contributed by atoms with Gasteiger partial charge in [-0.05, 0) is 66.4 Å². The lowest BCUT2D eigenvalue weighted by Crippen LogP contribution is -2.43. The molecule has 0 saturated carbocycles. The van der Waals surface area contributed by atoms with E-state index in [1.807, 2.05) is 0 Å². The molecule has 0 bridgehead atoms. The van der Waals surface area contributed by atoms with Gasteiger partial charge in [-0.2, -0.15) is 11.3 Å². The van der Waals surface area contributed by atoms with E-state index in [4.69, 9.17) is 0 Å². The first-order chi connectivity index (χ1) is 13.6. The van der Waals surface area contributed by atoms with Crippen LogP contribution in [0.4, 0.5) is 0 Å². The first kappa shape index (κ1) is 18.8. The SMILES string of the molecule is O=C(CN1C(=O)c2ccccc2C1=O)NCC1CCN(Cc2ccsc2)CC1. The third kappa shape index (κ3) is 4.00. The minimum absolute atomic E-state index is 0.219. The van der Waals surface area contributed by atoms with E-state index < -0.39 is 11.8 Å². The maximum Gasteiger partial charge on any atom is 0.262 e. The van der Waals surface area contributed by atoms with Gasteiger partial charge in [0.15, 0.2) is 0 Å². The van der Waals surface area contributed by atoms with Crippen LogP contribution in [0.25, 0.3) is 0 Å². The van der Waals surface area contributed by atoms with Gasteiger partial charge in [-0.25, -0.2) is 0 Å². The quantitative estimate of drug-likeness (QED) is 0.760. The summed E-state index contributed by atoms with van der Waals surface area (Å²) in [5.41, 5.74) is 2.11. The number of thiophene rings is 1. The Labute approximate surface area is 168 Å². The number of hydrogen-bond donors (Lipinski definition) is 1. The van der Waals surface area contributed by atoms with E-state index in [1.54, 1.807) is 35.6 Å². The van der Waals surface area contributed by atoms with Gasteiger partial charge >= 0.3 is 0 Å². The average Bonchev–Trinajstić information content (AvgIpc) is 3.31. The third-order valence-corrected chi connectivity index (χ3v) is 6.19. The topological polar surface area (TPSA) is 69.7 Å². The van der Waals surface area contributed by atoms with E-state index in [2.05, 4.69) is 27.0 Å². The summed E-state index contributed by atoms with van der Waals surface area (Å²) >= 11 is 1.72. The average molecular weight is 398 g/mol. The fourth-order valence-electron chi connectivity index (χ4n) is 3.83. The molecule has 4 rings (SSSR count). The Morgan fingerprint density at radius 3 is 2.36 bits per heavy atom. The molecule has 1 N–H and O–H groups in total. The highest BCUT2D eigenvalue weighted by Gasteiger charge is 2.36. The van der Waals surface area contributed by atoms with Crippen molar-refractivity contribution in [3.05, 3.63) is 57.8 Å². The molecule has 2 aromatic rings. The number of benzene rings is 1. The number of rotatable bonds is 6. The molecule has 28 heavy (non-hydrogen) atoms. The van der Waals surface area contributed by atoms with Crippen LogP contribution < -0.4 is 5.32 Å². The summed E-state index contributed by atoms with van der Waals surface area (Å²) in [6, 6.07) is 8.85. The maximum absolute atomic E-state index is 12.3. The van der Waals surface area contributed by atoms with E-state index in [0.29, 0.717) is 23.6 Å². The van der Waals surface area contributed by atoms with E-state index in [1.165, 1.54) is 5.56 Å². The van der Waals surface area contributed by atoms with Gasteiger partial charge in [0.05, 0.1) is 11.1 Å². The van der Waals surface area contributed by atoms with Crippen LogP contribution in [0, 0.1) is 5.92 Å². The Kier molecular flexibility index (Phi) is 5.54. The molecule has 3 heterocycles. The van der Waals surface area contributed by atoms with Crippen molar-refractivity contribution < 1.29 is 14.4 Å². The van der Waals surface area contributed by atoms with Crippen LogP contribution in [-0.2, 0) is 11.3 Å².